The molecule has 3 aromatic carbocycles. The van der Waals surface area contributed by atoms with Gasteiger partial charge < -0.3 is 19.5 Å². The summed E-state index contributed by atoms with van der Waals surface area (Å²) in [5.74, 6) is 1.11. The molecule has 1 unspecified atom stereocenters. The van der Waals surface area contributed by atoms with E-state index >= 15 is 0 Å². The number of ether oxygens (including phenoxy) is 3. The van der Waals surface area contributed by atoms with Crippen LogP contribution in [0.15, 0.2) is 83.8 Å². The molecule has 33 heavy (non-hydrogen) atoms. The van der Waals surface area contributed by atoms with Crippen LogP contribution in [0.4, 0.5) is 5.69 Å². The minimum Gasteiger partial charge on any atom is -0.495 e. The fourth-order valence-corrected chi connectivity index (χ4v) is 4.89. The minimum atomic E-state index is -4.03. The Morgan fingerprint density at radius 2 is 1.67 bits per heavy atom. The first-order chi connectivity index (χ1) is 16.0. The highest BCUT2D eigenvalue weighted by Crippen LogP contribution is 2.32. The smallest absolute Gasteiger partial charge is 0.264 e. The van der Waals surface area contributed by atoms with Crippen LogP contribution < -0.4 is 23.8 Å². The van der Waals surface area contributed by atoms with Crippen molar-refractivity contribution in [3.05, 3.63) is 78.9 Å². The average molecular weight is 469 g/mol. The summed E-state index contributed by atoms with van der Waals surface area (Å²) in [4.78, 5) is 12.9. The third kappa shape index (κ3) is 5.04. The zero-order valence-electron chi connectivity index (χ0n) is 18.0. The van der Waals surface area contributed by atoms with Crippen molar-refractivity contribution >= 4 is 21.6 Å². The summed E-state index contributed by atoms with van der Waals surface area (Å²) < 4.78 is 44.8. The molecule has 4 rings (SSSR count). The zero-order valence-corrected chi connectivity index (χ0v) is 18.8. The molecule has 9 heteroatoms. The average Bonchev–Trinajstić information content (AvgIpc) is 2.86. The van der Waals surface area contributed by atoms with E-state index in [0.717, 1.165) is 4.31 Å². The highest BCUT2D eigenvalue weighted by molar-refractivity contribution is 7.92. The first-order valence-corrected chi connectivity index (χ1v) is 11.8. The number of hydrogen-bond acceptors (Lipinski definition) is 6. The number of rotatable bonds is 8. The van der Waals surface area contributed by atoms with Crippen LogP contribution in [0.1, 0.15) is 0 Å². The molecule has 1 heterocycles. The van der Waals surface area contributed by atoms with E-state index in [2.05, 4.69) is 5.32 Å². The second kappa shape index (κ2) is 9.83. The summed E-state index contributed by atoms with van der Waals surface area (Å²) in [5.41, 5.74) is 0.269. The number of benzene rings is 3. The first-order valence-electron chi connectivity index (χ1n) is 10.3. The van der Waals surface area contributed by atoms with E-state index in [1.54, 1.807) is 48.5 Å². The molecular weight excluding hydrogens is 444 g/mol. The van der Waals surface area contributed by atoms with Crippen LogP contribution in [0, 0.1) is 0 Å². The Kier molecular flexibility index (Phi) is 6.69. The maximum Gasteiger partial charge on any atom is 0.264 e. The van der Waals surface area contributed by atoms with Gasteiger partial charge in [0.25, 0.3) is 10.0 Å². The number of para-hydroxylation sites is 4. The quantitative estimate of drug-likeness (QED) is 0.546. The lowest BCUT2D eigenvalue weighted by Gasteiger charge is -2.28. The van der Waals surface area contributed by atoms with E-state index in [1.165, 1.54) is 19.2 Å². The largest absolute Gasteiger partial charge is 0.495 e. The maximum absolute atomic E-state index is 13.4. The third-order valence-electron chi connectivity index (χ3n) is 5.07. The Bertz CT molecular complexity index is 1220. The van der Waals surface area contributed by atoms with Gasteiger partial charge in [0.1, 0.15) is 25.0 Å². The second-order valence-corrected chi connectivity index (χ2v) is 9.16. The molecule has 0 radical (unpaired) electrons. The normalized spacial score (nSPS) is 14.9. The lowest BCUT2D eigenvalue weighted by molar-refractivity contribution is -0.120. The second-order valence-electron chi connectivity index (χ2n) is 7.30. The highest BCUT2D eigenvalue weighted by atomic mass is 32.2. The van der Waals surface area contributed by atoms with Gasteiger partial charge in [-0.25, -0.2) is 8.42 Å². The van der Waals surface area contributed by atoms with Crippen LogP contribution in [0.3, 0.4) is 0 Å². The van der Waals surface area contributed by atoms with Crippen molar-refractivity contribution < 1.29 is 27.4 Å². The van der Waals surface area contributed by atoms with Gasteiger partial charge in [0, 0.05) is 0 Å². The van der Waals surface area contributed by atoms with E-state index in [4.69, 9.17) is 14.2 Å². The van der Waals surface area contributed by atoms with Gasteiger partial charge in [-0.15, -0.1) is 0 Å². The van der Waals surface area contributed by atoms with Gasteiger partial charge in [-0.3, -0.25) is 9.10 Å². The Morgan fingerprint density at radius 1 is 1.00 bits per heavy atom. The van der Waals surface area contributed by atoms with Crippen LogP contribution in [-0.4, -0.2) is 47.2 Å². The lowest BCUT2D eigenvalue weighted by Crippen LogP contribution is -2.45. The van der Waals surface area contributed by atoms with Crippen molar-refractivity contribution in [1.29, 1.82) is 0 Å². The molecule has 172 valence electrons. The molecule has 1 N–H and O–H groups in total. The number of fused-ring (bicyclic) bond motifs is 1. The number of methoxy groups -OCH3 is 1. The number of hydrogen-bond donors (Lipinski definition) is 1. The molecule has 0 saturated carbocycles. The van der Waals surface area contributed by atoms with Crippen LogP contribution in [0.2, 0.25) is 0 Å². The fraction of sp³-hybridized carbons (Fsp3) is 0.208. The highest BCUT2D eigenvalue weighted by Gasteiger charge is 2.30. The number of carbonyl (C=O) groups excluding carboxylic acids is 1. The minimum absolute atomic E-state index is 0.0735. The van der Waals surface area contributed by atoms with E-state index < -0.39 is 28.6 Å². The van der Waals surface area contributed by atoms with Gasteiger partial charge in [0.05, 0.1) is 24.2 Å². The Hall–Kier alpha value is -3.72. The summed E-state index contributed by atoms with van der Waals surface area (Å²) >= 11 is 0. The molecule has 0 aromatic heterocycles. The molecule has 0 aliphatic carbocycles. The molecule has 3 aromatic rings. The molecular formula is C24H24N2O6S. The summed E-state index contributed by atoms with van der Waals surface area (Å²) in [6.45, 7) is 0.00983. The lowest BCUT2D eigenvalue weighted by atomic mass is 10.2. The van der Waals surface area contributed by atoms with Crippen LogP contribution in [0.25, 0.3) is 0 Å². The topological polar surface area (TPSA) is 94.2 Å². The standard InChI is InChI=1S/C24H24N2O6S/c1-30-21-12-6-5-11-20(21)26(33(28,29)19-9-3-2-4-10-19)16-24(27)25-15-18-17-31-22-13-7-8-14-23(22)32-18/h2-14,18H,15-17H2,1H3,(H,25,27). The number of amides is 1. The molecule has 0 spiro atoms. The Balaban J connectivity index is 1.51. The maximum atomic E-state index is 13.4. The molecule has 1 amide bonds. The zero-order chi connectivity index (χ0) is 23.3. The molecule has 0 fully saturated rings. The summed E-state index contributed by atoms with van der Waals surface area (Å²) in [7, 11) is -2.58. The third-order valence-corrected chi connectivity index (χ3v) is 6.84. The summed E-state index contributed by atoms with van der Waals surface area (Å²) in [6.07, 6.45) is -0.394. The number of anilines is 1. The van der Waals surface area contributed by atoms with Crippen LogP contribution in [0.5, 0.6) is 17.2 Å². The van der Waals surface area contributed by atoms with Gasteiger partial charge in [-0.2, -0.15) is 0 Å². The molecule has 8 nitrogen and oxygen atoms in total. The first kappa shape index (κ1) is 22.5. The molecule has 1 aliphatic heterocycles. The van der Waals surface area contributed by atoms with E-state index in [1.807, 2.05) is 18.2 Å². The van der Waals surface area contributed by atoms with Gasteiger partial charge in [-0.1, -0.05) is 42.5 Å². The Morgan fingerprint density at radius 3 is 2.42 bits per heavy atom. The van der Waals surface area contributed by atoms with Crippen LogP contribution >= 0.6 is 0 Å². The predicted molar refractivity (Wildman–Crippen MR) is 123 cm³/mol. The number of sulfonamides is 1. The summed E-state index contributed by atoms with van der Waals surface area (Å²) in [6, 6.07) is 21.9. The monoisotopic (exact) mass is 468 g/mol. The predicted octanol–water partition coefficient (Wildman–Crippen LogP) is 2.85. The van der Waals surface area contributed by atoms with Crippen molar-refractivity contribution in [2.75, 3.05) is 31.1 Å². The Labute approximate surface area is 192 Å². The van der Waals surface area contributed by atoms with E-state index in [-0.39, 0.29) is 23.7 Å². The number of nitrogens with zero attached hydrogens (tertiary/aromatic N) is 1. The van der Waals surface area contributed by atoms with Gasteiger partial charge in [0.2, 0.25) is 5.91 Å². The SMILES string of the molecule is COc1ccccc1N(CC(=O)NCC1COc2ccccc2O1)S(=O)(=O)c1ccccc1. The molecule has 1 aliphatic rings. The number of carbonyl (C=O) groups is 1. The number of nitrogens with one attached hydrogen (secondary N) is 1. The van der Waals surface area contributed by atoms with E-state index in [9.17, 15) is 13.2 Å². The van der Waals surface area contributed by atoms with Crippen molar-refractivity contribution in [1.82, 2.24) is 5.32 Å². The van der Waals surface area contributed by atoms with E-state index in [0.29, 0.717) is 17.2 Å². The van der Waals surface area contributed by atoms with Crippen molar-refractivity contribution in [2.45, 2.75) is 11.0 Å². The van der Waals surface area contributed by atoms with Gasteiger partial charge >= 0.3 is 0 Å². The molecule has 0 bridgehead atoms. The van der Waals surface area contributed by atoms with Crippen molar-refractivity contribution in [2.24, 2.45) is 0 Å². The fourth-order valence-electron chi connectivity index (χ4n) is 3.43. The van der Waals surface area contributed by atoms with Crippen molar-refractivity contribution in [3.63, 3.8) is 0 Å². The summed E-state index contributed by atoms with van der Waals surface area (Å²) in [5, 5.41) is 2.75. The molecule has 0 saturated heterocycles. The molecule has 1 atom stereocenters. The van der Waals surface area contributed by atoms with Crippen molar-refractivity contribution in [3.8, 4) is 17.2 Å². The van der Waals surface area contributed by atoms with Gasteiger partial charge in [0.15, 0.2) is 11.5 Å². The van der Waals surface area contributed by atoms with Gasteiger partial charge in [-0.05, 0) is 36.4 Å². The van der Waals surface area contributed by atoms with Crippen LogP contribution in [-0.2, 0) is 14.8 Å².